The summed E-state index contributed by atoms with van der Waals surface area (Å²) in [5.74, 6) is -0.612. The number of likely N-dealkylation sites (N-methyl/N-ethyl adjacent to an activating group) is 1. The van der Waals surface area contributed by atoms with Crippen LogP contribution >= 0.6 is 23.2 Å². The van der Waals surface area contributed by atoms with Crippen molar-refractivity contribution < 1.29 is 14.0 Å². The van der Waals surface area contributed by atoms with Crippen LogP contribution in [0, 0.1) is 5.82 Å². The zero-order valence-corrected chi connectivity index (χ0v) is 19.1. The number of hydrogen-bond donors (Lipinski definition) is 1. The van der Waals surface area contributed by atoms with E-state index in [0.29, 0.717) is 18.7 Å². The summed E-state index contributed by atoms with van der Waals surface area (Å²) in [4.78, 5) is 28.4. The van der Waals surface area contributed by atoms with Gasteiger partial charge in [-0.2, -0.15) is 0 Å². The maximum Gasteiger partial charge on any atom is 0.246 e. The molecule has 2 amide bonds. The minimum atomic E-state index is -0.989. The van der Waals surface area contributed by atoms with Crippen LogP contribution in [0.2, 0.25) is 10.0 Å². The van der Waals surface area contributed by atoms with Gasteiger partial charge in [0, 0.05) is 37.1 Å². The van der Waals surface area contributed by atoms with Gasteiger partial charge in [0.15, 0.2) is 0 Å². The second kappa shape index (κ2) is 7.22. The Kier molecular flexibility index (Phi) is 4.80. The van der Waals surface area contributed by atoms with Gasteiger partial charge in [-0.25, -0.2) is 4.39 Å². The first-order valence-electron chi connectivity index (χ1n) is 10.5. The van der Waals surface area contributed by atoms with Crippen molar-refractivity contribution in [3.8, 4) is 0 Å². The van der Waals surface area contributed by atoms with Crippen molar-refractivity contribution in [3.63, 3.8) is 0 Å². The standard InChI is InChI=1S/C24H22Cl2FN3O2/c1-3-19(31)30-11-10-24(13-30,20-17(27)7-6-16(25)21(20)26)28-14-4-5-15-18(12-14)29(2)22(32)23(15)8-9-23/h3-7,12,28H,1,8-11,13H2,2H3/t24-/m0/s1. The summed E-state index contributed by atoms with van der Waals surface area (Å²) in [6, 6.07) is 8.50. The van der Waals surface area contributed by atoms with Gasteiger partial charge in [-0.3, -0.25) is 9.59 Å². The number of nitrogens with one attached hydrogen (secondary N) is 1. The normalized spacial score (nSPS) is 22.9. The van der Waals surface area contributed by atoms with E-state index < -0.39 is 11.4 Å². The molecule has 2 aliphatic heterocycles. The van der Waals surface area contributed by atoms with Crippen LogP contribution in [0.3, 0.4) is 0 Å². The average molecular weight is 474 g/mol. The van der Waals surface area contributed by atoms with Gasteiger partial charge in [0.2, 0.25) is 11.8 Å². The molecule has 5 nitrogen and oxygen atoms in total. The Morgan fingerprint density at radius 3 is 2.66 bits per heavy atom. The molecule has 1 saturated heterocycles. The Balaban J connectivity index is 1.58. The maximum absolute atomic E-state index is 15.1. The fourth-order valence-corrected chi connectivity index (χ4v) is 5.67. The lowest BCUT2D eigenvalue weighted by Crippen LogP contribution is -2.41. The van der Waals surface area contributed by atoms with Gasteiger partial charge in [0.1, 0.15) is 5.82 Å². The van der Waals surface area contributed by atoms with Crippen LogP contribution in [0.5, 0.6) is 0 Å². The molecule has 2 aromatic carbocycles. The molecule has 1 aliphatic carbocycles. The molecule has 2 aromatic rings. The van der Waals surface area contributed by atoms with E-state index in [0.717, 1.165) is 24.1 Å². The van der Waals surface area contributed by atoms with Crippen LogP contribution < -0.4 is 10.2 Å². The summed E-state index contributed by atoms with van der Waals surface area (Å²) in [7, 11) is 1.78. The SMILES string of the molecule is C=CC(=O)N1CC[C@@](Nc2ccc3c(c2)N(C)C(=O)C32CC2)(c2c(F)ccc(Cl)c2Cl)C1. The maximum atomic E-state index is 15.1. The number of carbonyl (C=O) groups excluding carboxylic acids is 2. The number of rotatable bonds is 4. The number of likely N-dealkylation sites (tertiary alicyclic amines) is 1. The molecule has 2 heterocycles. The number of fused-ring (bicyclic) bond motifs is 2. The second-order valence-corrected chi connectivity index (χ2v) is 9.60. The highest BCUT2D eigenvalue weighted by molar-refractivity contribution is 6.42. The predicted molar refractivity (Wildman–Crippen MR) is 124 cm³/mol. The van der Waals surface area contributed by atoms with E-state index in [1.165, 1.54) is 18.2 Å². The lowest BCUT2D eigenvalue weighted by Gasteiger charge is -2.34. The summed E-state index contributed by atoms with van der Waals surface area (Å²) in [6.07, 6.45) is 3.40. The van der Waals surface area contributed by atoms with Crippen molar-refractivity contribution in [2.24, 2.45) is 0 Å². The first-order valence-corrected chi connectivity index (χ1v) is 11.2. The summed E-state index contributed by atoms with van der Waals surface area (Å²) in [5, 5.41) is 3.82. The quantitative estimate of drug-likeness (QED) is 0.509. The molecule has 2 fully saturated rings. The largest absolute Gasteiger partial charge is 0.373 e. The van der Waals surface area contributed by atoms with Gasteiger partial charge in [-0.15, -0.1) is 0 Å². The van der Waals surface area contributed by atoms with Crippen molar-refractivity contribution >= 4 is 46.4 Å². The average Bonchev–Trinajstić information content (AvgIpc) is 3.44. The fraction of sp³-hybridized carbons (Fsp3) is 0.333. The first-order chi connectivity index (χ1) is 15.2. The molecule has 3 aliphatic rings. The first kappa shape index (κ1) is 21.3. The van der Waals surface area contributed by atoms with Crippen molar-refractivity contribution in [3.05, 3.63) is 70.0 Å². The van der Waals surface area contributed by atoms with Gasteiger partial charge in [-0.05, 0) is 55.2 Å². The number of carbonyl (C=O) groups is 2. The smallest absolute Gasteiger partial charge is 0.246 e. The Labute approximate surface area is 195 Å². The lowest BCUT2D eigenvalue weighted by atomic mass is 9.87. The van der Waals surface area contributed by atoms with Crippen molar-refractivity contribution in [2.45, 2.75) is 30.2 Å². The van der Waals surface area contributed by atoms with Gasteiger partial charge >= 0.3 is 0 Å². The number of nitrogens with zero attached hydrogens (tertiary/aromatic N) is 2. The summed E-state index contributed by atoms with van der Waals surface area (Å²) < 4.78 is 15.1. The van der Waals surface area contributed by atoms with Crippen molar-refractivity contribution in [2.75, 3.05) is 30.4 Å². The molecule has 5 rings (SSSR count). The summed E-state index contributed by atoms with van der Waals surface area (Å²) in [5.41, 5.74) is 1.47. The third kappa shape index (κ3) is 2.96. The van der Waals surface area contributed by atoms with E-state index in [1.54, 1.807) is 16.8 Å². The molecule has 1 saturated carbocycles. The number of hydrogen-bond acceptors (Lipinski definition) is 3. The fourth-order valence-electron chi connectivity index (χ4n) is 5.18. The van der Waals surface area contributed by atoms with E-state index in [2.05, 4.69) is 11.9 Å². The number of anilines is 2. The van der Waals surface area contributed by atoms with Crippen LogP contribution in [0.25, 0.3) is 0 Å². The van der Waals surface area contributed by atoms with Crippen LogP contribution in [-0.4, -0.2) is 36.9 Å². The van der Waals surface area contributed by atoms with Gasteiger partial charge in [0.05, 0.1) is 21.0 Å². The summed E-state index contributed by atoms with van der Waals surface area (Å²) >= 11 is 12.7. The molecule has 1 atom stereocenters. The zero-order valence-electron chi connectivity index (χ0n) is 17.6. The van der Waals surface area contributed by atoms with Crippen LogP contribution in [0.4, 0.5) is 15.8 Å². The monoisotopic (exact) mass is 473 g/mol. The van der Waals surface area contributed by atoms with Crippen molar-refractivity contribution in [1.82, 2.24) is 4.90 Å². The predicted octanol–water partition coefficient (Wildman–Crippen LogP) is 4.87. The van der Waals surface area contributed by atoms with E-state index in [1.807, 2.05) is 18.2 Å². The number of amides is 2. The molecule has 1 spiro atoms. The Morgan fingerprint density at radius 1 is 1.22 bits per heavy atom. The third-order valence-electron chi connectivity index (χ3n) is 7.00. The number of halogens is 3. The topological polar surface area (TPSA) is 52.7 Å². The minimum absolute atomic E-state index is 0.118. The Morgan fingerprint density at radius 2 is 1.97 bits per heavy atom. The molecule has 166 valence electrons. The molecule has 0 bridgehead atoms. The Bertz CT molecular complexity index is 1180. The van der Waals surface area contributed by atoms with E-state index >= 15 is 4.39 Å². The summed E-state index contributed by atoms with van der Waals surface area (Å²) in [6.45, 7) is 4.17. The Hall–Kier alpha value is -2.57. The zero-order chi connectivity index (χ0) is 22.8. The molecule has 0 radical (unpaired) electrons. The molecule has 8 heteroatoms. The lowest BCUT2D eigenvalue weighted by molar-refractivity contribution is -0.125. The van der Waals surface area contributed by atoms with Crippen LogP contribution in [0.1, 0.15) is 30.4 Å². The van der Waals surface area contributed by atoms with Crippen molar-refractivity contribution in [1.29, 1.82) is 0 Å². The molecule has 0 aromatic heterocycles. The van der Waals surface area contributed by atoms with Gasteiger partial charge in [-0.1, -0.05) is 35.8 Å². The molecule has 0 unspecified atom stereocenters. The molecular weight excluding hydrogens is 452 g/mol. The second-order valence-electron chi connectivity index (χ2n) is 8.82. The van der Waals surface area contributed by atoms with Crippen LogP contribution in [0.15, 0.2) is 43.0 Å². The third-order valence-corrected chi connectivity index (χ3v) is 7.80. The highest BCUT2D eigenvalue weighted by atomic mass is 35.5. The van der Waals surface area contributed by atoms with E-state index in [9.17, 15) is 9.59 Å². The highest BCUT2D eigenvalue weighted by Crippen LogP contribution is 2.57. The van der Waals surface area contributed by atoms with E-state index in [4.69, 9.17) is 23.2 Å². The minimum Gasteiger partial charge on any atom is -0.373 e. The molecule has 1 N–H and O–H groups in total. The van der Waals surface area contributed by atoms with Gasteiger partial charge < -0.3 is 15.1 Å². The molecular formula is C24H22Cl2FN3O2. The van der Waals surface area contributed by atoms with E-state index in [-0.39, 0.29) is 39.4 Å². The van der Waals surface area contributed by atoms with Gasteiger partial charge in [0.25, 0.3) is 0 Å². The van der Waals surface area contributed by atoms with Crippen LogP contribution in [-0.2, 0) is 20.5 Å². The molecule has 32 heavy (non-hydrogen) atoms. The number of benzene rings is 2. The highest BCUT2D eigenvalue weighted by Gasteiger charge is 2.58.